The second-order valence-corrected chi connectivity index (χ2v) is 9.05. The molecule has 130 valence electrons. The second-order valence-electron chi connectivity index (χ2n) is 9.05. The third kappa shape index (κ3) is 2.58. The number of piperidine rings is 1. The molecular formula is C19H31NO3. The summed E-state index contributed by atoms with van der Waals surface area (Å²) in [5, 5.41) is 0. The maximum Gasteiger partial charge on any atom is 0.411 e. The van der Waals surface area contributed by atoms with Crippen LogP contribution in [0.3, 0.4) is 0 Å². The lowest BCUT2D eigenvalue weighted by atomic mass is 9.48. The SMILES string of the molecule is CC(C)[C@H]1CC(=O)[C@@H]2CC3CCCC[C@]32N1C(=O)OC(C)(C)C. The maximum atomic E-state index is 13.1. The van der Waals surface area contributed by atoms with E-state index in [1.165, 1.54) is 6.42 Å². The summed E-state index contributed by atoms with van der Waals surface area (Å²) >= 11 is 0. The molecule has 2 aliphatic carbocycles. The van der Waals surface area contributed by atoms with Gasteiger partial charge >= 0.3 is 6.09 Å². The Morgan fingerprint density at radius 3 is 2.57 bits per heavy atom. The number of ketones is 1. The van der Waals surface area contributed by atoms with E-state index in [1.807, 2.05) is 25.7 Å². The summed E-state index contributed by atoms with van der Waals surface area (Å²) in [5.74, 6) is 1.18. The molecule has 4 atom stereocenters. The summed E-state index contributed by atoms with van der Waals surface area (Å²) < 4.78 is 5.76. The standard InChI is InChI=1S/C19H31NO3/c1-12(2)15-11-16(21)14-10-13-8-6-7-9-19(13,14)20(15)17(22)23-18(3,4)5/h12-15H,6-11H2,1-5H3/t13?,14-,15+,19-/m0/s1. The Hall–Kier alpha value is -1.06. The predicted octanol–water partition coefficient (Wildman–Crippen LogP) is 4.17. The second kappa shape index (κ2) is 5.49. The van der Waals surface area contributed by atoms with Crippen LogP contribution in [-0.4, -0.2) is 34.0 Å². The lowest BCUT2D eigenvalue weighted by molar-refractivity contribution is -0.180. The molecule has 0 N–H and O–H groups in total. The van der Waals surface area contributed by atoms with Gasteiger partial charge in [-0.3, -0.25) is 9.69 Å². The first kappa shape index (κ1) is 16.8. The van der Waals surface area contributed by atoms with Crippen LogP contribution < -0.4 is 0 Å². The van der Waals surface area contributed by atoms with Gasteiger partial charge in [0.15, 0.2) is 0 Å². The van der Waals surface area contributed by atoms with Crippen LogP contribution >= 0.6 is 0 Å². The first-order valence-electron chi connectivity index (χ1n) is 9.22. The number of Topliss-reactive ketones (excluding diaryl/α,β-unsaturated/α-hetero) is 1. The van der Waals surface area contributed by atoms with Crippen molar-refractivity contribution in [2.24, 2.45) is 17.8 Å². The minimum Gasteiger partial charge on any atom is -0.444 e. The third-order valence-electron chi connectivity index (χ3n) is 6.15. The van der Waals surface area contributed by atoms with E-state index in [1.54, 1.807) is 0 Å². The fourth-order valence-electron chi connectivity index (χ4n) is 5.16. The van der Waals surface area contributed by atoms with Gasteiger partial charge in [-0.25, -0.2) is 4.79 Å². The zero-order chi connectivity index (χ0) is 17.0. The topological polar surface area (TPSA) is 46.6 Å². The van der Waals surface area contributed by atoms with Crippen LogP contribution in [0.4, 0.5) is 4.79 Å². The van der Waals surface area contributed by atoms with E-state index in [2.05, 4.69) is 13.8 Å². The highest BCUT2D eigenvalue weighted by molar-refractivity contribution is 5.88. The van der Waals surface area contributed by atoms with Gasteiger partial charge in [0.25, 0.3) is 0 Å². The molecule has 1 spiro atoms. The Bertz CT molecular complexity index is 507. The monoisotopic (exact) mass is 321 g/mol. The molecule has 0 aromatic carbocycles. The van der Waals surface area contributed by atoms with E-state index in [4.69, 9.17) is 4.74 Å². The summed E-state index contributed by atoms with van der Waals surface area (Å²) in [6.07, 6.45) is 5.72. The number of rotatable bonds is 1. The molecule has 1 amide bonds. The number of amides is 1. The number of ether oxygens (including phenoxy) is 1. The van der Waals surface area contributed by atoms with Crippen molar-refractivity contribution in [2.45, 2.75) is 90.3 Å². The fraction of sp³-hybridized carbons (Fsp3) is 0.895. The number of nitrogens with zero attached hydrogens (tertiary/aromatic N) is 1. The highest BCUT2D eigenvalue weighted by Crippen LogP contribution is 2.60. The van der Waals surface area contributed by atoms with E-state index in [0.29, 0.717) is 18.1 Å². The van der Waals surface area contributed by atoms with Gasteiger partial charge < -0.3 is 4.74 Å². The van der Waals surface area contributed by atoms with Crippen LogP contribution in [0.15, 0.2) is 0 Å². The molecule has 2 saturated carbocycles. The average Bonchev–Trinajstić information content (AvgIpc) is 2.37. The Morgan fingerprint density at radius 2 is 2.00 bits per heavy atom. The zero-order valence-electron chi connectivity index (χ0n) is 15.2. The predicted molar refractivity (Wildman–Crippen MR) is 89.1 cm³/mol. The van der Waals surface area contributed by atoms with Crippen LogP contribution in [-0.2, 0) is 9.53 Å². The molecule has 3 fully saturated rings. The van der Waals surface area contributed by atoms with Crippen molar-refractivity contribution in [1.29, 1.82) is 0 Å². The van der Waals surface area contributed by atoms with Crippen molar-refractivity contribution in [2.75, 3.05) is 0 Å². The molecule has 1 unspecified atom stereocenters. The Kier molecular flexibility index (Phi) is 4.01. The summed E-state index contributed by atoms with van der Waals surface area (Å²) in [6.45, 7) is 9.97. The molecule has 1 aliphatic heterocycles. The molecular weight excluding hydrogens is 290 g/mol. The van der Waals surface area contributed by atoms with Gasteiger partial charge in [-0.05, 0) is 51.9 Å². The number of carbonyl (C=O) groups is 2. The molecule has 4 heteroatoms. The van der Waals surface area contributed by atoms with Crippen LogP contribution in [0.25, 0.3) is 0 Å². The first-order valence-corrected chi connectivity index (χ1v) is 9.22. The van der Waals surface area contributed by atoms with Gasteiger partial charge in [0, 0.05) is 18.4 Å². The molecule has 23 heavy (non-hydrogen) atoms. The van der Waals surface area contributed by atoms with Crippen LogP contribution in [0.5, 0.6) is 0 Å². The van der Waals surface area contributed by atoms with E-state index in [9.17, 15) is 9.59 Å². The first-order chi connectivity index (χ1) is 10.7. The van der Waals surface area contributed by atoms with E-state index in [0.717, 1.165) is 25.7 Å². The van der Waals surface area contributed by atoms with Crippen molar-refractivity contribution >= 4 is 11.9 Å². The summed E-state index contributed by atoms with van der Waals surface area (Å²) in [7, 11) is 0. The van der Waals surface area contributed by atoms with Crippen molar-refractivity contribution < 1.29 is 14.3 Å². The molecule has 0 bridgehead atoms. The van der Waals surface area contributed by atoms with Gasteiger partial charge in [-0.15, -0.1) is 0 Å². The van der Waals surface area contributed by atoms with Crippen LogP contribution in [0.1, 0.15) is 73.1 Å². The lowest BCUT2D eigenvalue weighted by Crippen LogP contribution is -2.76. The van der Waals surface area contributed by atoms with Crippen molar-refractivity contribution in [3.8, 4) is 0 Å². The number of likely N-dealkylation sites (tertiary alicyclic amines) is 1. The smallest absolute Gasteiger partial charge is 0.411 e. The zero-order valence-corrected chi connectivity index (χ0v) is 15.2. The molecule has 3 rings (SSSR count). The largest absolute Gasteiger partial charge is 0.444 e. The van der Waals surface area contributed by atoms with Gasteiger partial charge in [-0.1, -0.05) is 26.7 Å². The van der Waals surface area contributed by atoms with Crippen molar-refractivity contribution in [3.05, 3.63) is 0 Å². The minimum atomic E-state index is -0.500. The molecule has 3 aliphatic rings. The van der Waals surface area contributed by atoms with E-state index in [-0.39, 0.29) is 29.5 Å². The molecule has 0 aromatic heterocycles. The van der Waals surface area contributed by atoms with Crippen molar-refractivity contribution in [1.82, 2.24) is 4.90 Å². The minimum absolute atomic E-state index is 0.0190. The van der Waals surface area contributed by atoms with Crippen LogP contribution in [0, 0.1) is 17.8 Å². The van der Waals surface area contributed by atoms with Gasteiger partial charge in [0.2, 0.25) is 0 Å². The van der Waals surface area contributed by atoms with E-state index < -0.39 is 5.60 Å². The normalized spacial score (nSPS) is 37.0. The third-order valence-corrected chi connectivity index (χ3v) is 6.15. The van der Waals surface area contributed by atoms with Crippen LogP contribution in [0.2, 0.25) is 0 Å². The quantitative estimate of drug-likeness (QED) is 0.728. The van der Waals surface area contributed by atoms with Gasteiger partial charge in [-0.2, -0.15) is 0 Å². The summed E-state index contributed by atoms with van der Waals surface area (Å²) in [4.78, 5) is 27.8. The average molecular weight is 321 g/mol. The molecule has 1 heterocycles. The molecule has 0 radical (unpaired) electrons. The Balaban J connectivity index is 1.98. The Morgan fingerprint density at radius 1 is 1.30 bits per heavy atom. The van der Waals surface area contributed by atoms with E-state index >= 15 is 0 Å². The molecule has 1 saturated heterocycles. The van der Waals surface area contributed by atoms with Gasteiger partial charge in [0.05, 0.1) is 5.54 Å². The molecule has 0 aromatic rings. The fourth-order valence-corrected chi connectivity index (χ4v) is 5.16. The summed E-state index contributed by atoms with van der Waals surface area (Å²) in [5.41, 5.74) is -0.745. The summed E-state index contributed by atoms with van der Waals surface area (Å²) in [6, 6.07) is -0.0190. The lowest BCUT2D eigenvalue weighted by Gasteiger charge is -2.67. The molecule has 4 nitrogen and oxygen atoms in total. The van der Waals surface area contributed by atoms with Crippen molar-refractivity contribution in [3.63, 3.8) is 0 Å². The Labute approximate surface area is 139 Å². The number of carbonyl (C=O) groups excluding carboxylic acids is 2. The maximum absolute atomic E-state index is 13.1. The highest BCUT2D eigenvalue weighted by Gasteiger charge is 2.66. The number of hydrogen-bond donors (Lipinski definition) is 0. The van der Waals surface area contributed by atoms with Gasteiger partial charge in [0.1, 0.15) is 11.4 Å². The highest BCUT2D eigenvalue weighted by atomic mass is 16.6. The number of hydrogen-bond acceptors (Lipinski definition) is 3.